The smallest absolute Gasteiger partial charge is 0.126 e. The summed E-state index contributed by atoms with van der Waals surface area (Å²) >= 11 is 0. The summed E-state index contributed by atoms with van der Waals surface area (Å²) < 4.78 is 12.1. The Morgan fingerprint density at radius 2 is 1.96 bits per heavy atom. The molecular weight excluding hydrogens is 322 g/mol. The van der Waals surface area contributed by atoms with Gasteiger partial charge in [0.1, 0.15) is 24.2 Å². The molecule has 0 saturated heterocycles. The van der Waals surface area contributed by atoms with E-state index in [0.29, 0.717) is 6.61 Å². The molecule has 3 rings (SSSR count). The average Bonchev–Trinajstić information content (AvgIpc) is 2.69. The van der Waals surface area contributed by atoms with E-state index >= 15 is 0 Å². The molecule has 1 atom stereocenters. The van der Waals surface area contributed by atoms with Crippen LogP contribution in [0.15, 0.2) is 48.5 Å². The van der Waals surface area contributed by atoms with E-state index in [9.17, 15) is 0 Å². The fraction of sp³-hybridized carbons (Fsp3) is 0.478. The van der Waals surface area contributed by atoms with Gasteiger partial charge >= 0.3 is 0 Å². The van der Waals surface area contributed by atoms with Crippen LogP contribution in [-0.4, -0.2) is 19.2 Å². The fourth-order valence-electron chi connectivity index (χ4n) is 3.32. The maximum Gasteiger partial charge on any atom is 0.126 e. The van der Waals surface area contributed by atoms with E-state index in [1.807, 2.05) is 24.3 Å². The van der Waals surface area contributed by atoms with E-state index in [1.165, 1.54) is 36.8 Å². The second-order valence-electron chi connectivity index (χ2n) is 7.09. The molecule has 1 unspecified atom stereocenters. The molecule has 0 saturated carbocycles. The highest BCUT2D eigenvalue weighted by molar-refractivity contribution is 5.42. The molecule has 1 N–H and O–H groups in total. The molecule has 3 heteroatoms. The molecule has 0 bridgehead atoms. The van der Waals surface area contributed by atoms with Crippen LogP contribution < -0.4 is 14.8 Å². The van der Waals surface area contributed by atoms with Crippen molar-refractivity contribution >= 4 is 0 Å². The van der Waals surface area contributed by atoms with Gasteiger partial charge in [0.25, 0.3) is 0 Å². The summed E-state index contributed by atoms with van der Waals surface area (Å²) in [6, 6.07) is 16.5. The first-order chi connectivity index (χ1) is 12.8. The van der Waals surface area contributed by atoms with Crippen molar-refractivity contribution in [3.8, 4) is 11.5 Å². The summed E-state index contributed by atoms with van der Waals surface area (Å²) in [6.07, 6.45) is 7.63. The quantitative estimate of drug-likeness (QED) is 0.601. The minimum Gasteiger partial charge on any atom is -0.489 e. The number of fused-ring (bicyclic) bond motifs is 1. The third-order valence-electron chi connectivity index (χ3n) is 4.90. The summed E-state index contributed by atoms with van der Waals surface area (Å²) in [5.41, 5.74) is 2.47. The number of aryl methyl sites for hydroxylation is 1. The van der Waals surface area contributed by atoms with E-state index in [0.717, 1.165) is 37.4 Å². The molecule has 140 valence electrons. The first-order valence-electron chi connectivity index (χ1n) is 10.0. The molecule has 0 spiro atoms. The van der Waals surface area contributed by atoms with Crippen molar-refractivity contribution in [1.29, 1.82) is 0 Å². The molecule has 0 amide bonds. The lowest BCUT2D eigenvalue weighted by Gasteiger charge is -2.27. The van der Waals surface area contributed by atoms with Crippen LogP contribution in [0.1, 0.15) is 50.2 Å². The largest absolute Gasteiger partial charge is 0.489 e. The molecule has 1 aliphatic rings. The highest BCUT2D eigenvalue weighted by atomic mass is 16.5. The van der Waals surface area contributed by atoms with Gasteiger partial charge in [0.15, 0.2) is 0 Å². The van der Waals surface area contributed by atoms with Crippen LogP contribution in [0.5, 0.6) is 11.5 Å². The Morgan fingerprint density at radius 3 is 2.81 bits per heavy atom. The predicted molar refractivity (Wildman–Crippen MR) is 107 cm³/mol. The zero-order valence-electron chi connectivity index (χ0n) is 15.9. The van der Waals surface area contributed by atoms with Crippen LogP contribution in [0.25, 0.3) is 0 Å². The lowest BCUT2D eigenvalue weighted by atomic mass is 10.0. The second-order valence-corrected chi connectivity index (χ2v) is 7.09. The number of benzene rings is 2. The van der Waals surface area contributed by atoms with Gasteiger partial charge in [0.2, 0.25) is 0 Å². The van der Waals surface area contributed by atoms with Crippen molar-refractivity contribution in [3.05, 3.63) is 59.7 Å². The summed E-state index contributed by atoms with van der Waals surface area (Å²) in [4.78, 5) is 0. The van der Waals surface area contributed by atoms with Crippen molar-refractivity contribution in [2.45, 2.75) is 58.2 Å². The van der Waals surface area contributed by atoms with Crippen molar-refractivity contribution in [2.75, 3.05) is 13.1 Å². The van der Waals surface area contributed by atoms with Gasteiger partial charge in [-0.3, -0.25) is 0 Å². The molecule has 26 heavy (non-hydrogen) atoms. The zero-order chi connectivity index (χ0) is 18.0. The minimum atomic E-state index is 0.262. The summed E-state index contributed by atoms with van der Waals surface area (Å²) in [5.74, 6) is 1.86. The van der Waals surface area contributed by atoms with Crippen LogP contribution in [0.3, 0.4) is 0 Å². The lowest BCUT2D eigenvalue weighted by Crippen LogP contribution is -2.34. The third kappa shape index (κ3) is 5.77. The van der Waals surface area contributed by atoms with E-state index in [2.05, 4.69) is 36.5 Å². The van der Waals surface area contributed by atoms with Gasteiger partial charge in [-0.2, -0.15) is 0 Å². The van der Waals surface area contributed by atoms with E-state index < -0.39 is 0 Å². The summed E-state index contributed by atoms with van der Waals surface area (Å²) in [6.45, 7) is 4.86. The molecular formula is C23H31NO2. The van der Waals surface area contributed by atoms with Gasteiger partial charge in [-0.05, 0) is 43.0 Å². The number of hydrogen-bond acceptors (Lipinski definition) is 3. The van der Waals surface area contributed by atoms with E-state index in [-0.39, 0.29) is 6.10 Å². The number of rotatable bonds is 10. The highest BCUT2D eigenvalue weighted by Crippen LogP contribution is 2.31. The second kappa shape index (κ2) is 10.2. The fourth-order valence-corrected chi connectivity index (χ4v) is 3.32. The highest BCUT2D eigenvalue weighted by Gasteiger charge is 2.19. The molecule has 2 aromatic rings. The van der Waals surface area contributed by atoms with Gasteiger partial charge < -0.3 is 14.8 Å². The van der Waals surface area contributed by atoms with Gasteiger partial charge in [0.05, 0.1) is 0 Å². The van der Waals surface area contributed by atoms with E-state index in [1.54, 1.807) is 0 Å². The Bertz CT molecular complexity index is 657. The third-order valence-corrected chi connectivity index (χ3v) is 4.90. The molecule has 2 aromatic carbocycles. The van der Waals surface area contributed by atoms with Crippen molar-refractivity contribution in [1.82, 2.24) is 5.32 Å². The molecule has 3 nitrogen and oxygen atoms in total. The Labute approximate surface area is 157 Å². The molecule has 0 aromatic heterocycles. The van der Waals surface area contributed by atoms with Crippen LogP contribution in [-0.2, 0) is 13.0 Å². The number of ether oxygens (including phenoxy) is 2. The van der Waals surface area contributed by atoms with Crippen molar-refractivity contribution < 1.29 is 9.47 Å². The van der Waals surface area contributed by atoms with E-state index in [4.69, 9.17) is 9.47 Å². The summed E-state index contributed by atoms with van der Waals surface area (Å²) in [7, 11) is 0. The number of unbranched alkanes of at least 4 members (excludes halogenated alkanes) is 3. The Hall–Kier alpha value is -2.00. The first kappa shape index (κ1) is 18.8. The zero-order valence-corrected chi connectivity index (χ0v) is 15.9. The van der Waals surface area contributed by atoms with Crippen molar-refractivity contribution in [3.63, 3.8) is 0 Å². The summed E-state index contributed by atoms with van der Waals surface area (Å²) in [5, 5.41) is 3.55. The Balaban J connectivity index is 1.46. The SMILES string of the molecule is CCCCCCNCC1CCc2ccc(OCc3ccccc3)cc2O1. The van der Waals surface area contributed by atoms with Crippen LogP contribution >= 0.6 is 0 Å². The topological polar surface area (TPSA) is 30.5 Å². The van der Waals surface area contributed by atoms with Gasteiger partial charge in [-0.1, -0.05) is 62.6 Å². The standard InChI is InChI=1S/C23H31NO2/c1-2-3-4-8-15-24-17-22-14-12-20-11-13-21(16-23(20)26-22)25-18-19-9-6-5-7-10-19/h5-7,9-11,13,16,22,24H,2-4,8,12,14-15,17-18H2,1H3. The Kier molecular flexibility index (Phi) is 7.38. The molecule has 0 radical (unpaired) electrons. The molecule has 1 heterocycles. The maximum atomic E-state index is 6.21. The molecule has 1 aliphatic heterocycles. The maximum absolute atomic E-state index is 6.21. The van der Waals surface area contributed by atoms with Gasteiger partial charge in [-0.15, -0.1) is 0 Å². The van der Waals surface area contributed by atoms with Gasteiger partial charge in [-0.25, -0.2) is 0 Å². The lowest BCUT2D eigenvalue weighted by molar-refractivity contribution is 0.169. The van der Waals surface area contributed by atoms with Crippen LogP contribution in [0.4, 0.5) is 0 Å². The average molecular weight is 354 g/mol. The normalized spacial score (nSPS) is 16.0. The van der Waals surface area contributed by atoms with Crippen molar-refractivity contribution in [2.24, 2.45) is 0 Å². The van der Waals surface area contributed by atoms with Crippen LogP contribution in [0.2, 0.25) is 0 Å². The van der Waals surface area contributed by atoms with Crippen LogP contribution in [0, 0.1) is 0 Å². The predicted octanol–water partition coefficient (Wildman–Crippen LogP) is 5.13. The molecule has 0 aliphatic carbocycles. The first-order valence-corrected chi connectivity index (χ1v) is 10.0. The van der Waals surface area contributed by atoms with Gasteiger partial charge in [0, 0.05) is 12.6 Å². The minimum absolute atomic E-state index is 0.262. The Morgan fingerprint density at radius 1 is 1.08 bits per heavy atom. The number of nitrogens with one attached hydrogen (secondary N) is 1. The monoisotopic (exact) mass is 353 g/mol. The molecule has 0 fully saturated rings. The number of hydrogen-bond donors (Lipinski definition) is 1.